The van der Waals surface area contributed by atoms with E-state index >= 15 is 0 Å². The summed E-state index contributed by atoms with van der Waals surface area (Å²) in [7, 11) is 1.27. The van der Waals surface area contributed by atoms with Crippen molar-refractivity contribution in [2.24, 2.45) is 5.16 Å². The molecule has 2 atom stereocenters. The van der Waals surface area contributed by atoms with Gasteiger partial charge in [0.15, 0.2) is 10.8 Å². The number of aliphatic carboxylic acids is 1. The Bertz CT molecular complexity index is 1130. The summed E-state index contributed by atoms with van der Waals surface area (Å²) in [4.78, 5) is 59.1. The molecule has 0 saturated carbocycles. The molecule has 3 aliphatic rings. The molecule has 4 heterocycles. The van der Waals surface area contributed by atoms with Crippen molar-refractivity contribution >= 4 is 99.0 Å². The molecular weight excluding hydrogens is 517 g/mol. The predicted molar refractivity (Wildman–Crippen MR) is 128 cm³/mol. The Hall–Kier alpha value is -2.04. The first-order valence-electron chi connectivity index (χ1n) is 9.33. The van der Waals surface area contributed by atoms with Crippen LogP contribution < -0.4 is 11.1 Å². The maximum atomic E-state index is 12.8. The molecule has 0 aliphatic carbocycles. The van der Waals surface area contributed by atoms with Gasteiger partial charge >= 0.3 is 41.5 Å². The van der Waals surface area contributed by atoms with Gasteiger partial charge in [0, 0.05) is 27.9 Å². The molecule has 1 aromatic heterocycles. The molecule has 12 nitrogen and oxygen atoms in total. The average Bonchev–Trinajstić information content (AvgIpc) is 3.40. The topological polar surface area (TPSA) is 174 Å². The van der Waals surface area contributed by atoms with E-state index in [0.717, 1.165) is 16.9 Å². The van der Waals surface area contributed by atoms with E-state index in [4.69, 9.17) is 15.3 Å². The standard InChI is InChI=1S/C18H17N5O7S3.Na.H/c1-29-22-11(8-5-33-18(19)20-8)14(25)21-12-15(26)23-13(17(27)28)9(6-32-16(12)23)31-4-7-2-10(24)30-3-7;;/h2,5,12,16H,3-4,6H2,1H3,(H2,19,20)(H,21,25)(H,27,28);;/b22-11-;;/t12-,16-;;/m1../s1. The number of nitrogens with one attached hydrogen (secondary N) is 1. The molecule has 16 heteroatoms. The molecule has 0 bridgehead atoms. The Morgan fingerprint density at radius 2 is 2.24 bits per heavy atom. The number of esters is 1. The Kier molecular flexibility index (Phi) is 8.70. The molecule has 0 unspecified atom stereocenters. The molecule has 4 rings (SSSR count). The van der Waals surface area contributed by atoms with Crippen molar-refractivity contribution in [2.75, 3.05) is 31.0 Å². The zero-order valence-corrected chi connectivity index (χ0v) is 19.4. The van der Waals surface area contributed by atoms with Gasteiger partial charge in [-0.1, -0.05) is 5.16 Å². The van der Waals surface area contributed by atoms with E-state index in [1.165, 1.54) is 47.0 Å². The number of hydrogen-bond donors (Lipinski definition) is 3. The van der Waals surface area contributed by atoms with E-state index < -0.39 is 35.2 Å². The van der Waals surface area contributed by atoms with Gasteiger partial charge in [-0.25, -0.2) is 14.6 Å². The van der Waals surface area contributed by atoms with Crippen molar-refractivity contribution < 1.29 is 33.9 Å². The summed E-state index contributed by atoms with van der Waals surface area (Å²) < 4.78 is 4.85. The molecular formula is C18H18N5NaO7S3. The number of aromatic nitrogens is 1. The fraction of sp³-hybridized carbons (Fsp3) is 0.333. The van der Waals surface area contributed by atoms with Crippen LogP contribution in [0.2, 0.25) is 0 Å². The minimum atomic E-state index is -1.24. The molecule has 0 aromatic carbocycles. The third-order valence-electron chi connectivity index (χ3n) is 4.74. The van der Waals surface area contributed by atoms with E-state index in [-0.39, 0.29) is 58.4 Å². The number of oxime groups is 1. The third-order valence-corrected chi connectivity index (χ3v) is 8.08. The summed E-state index contributed by atoms with van der Waals surface area (Å²) >= 11 is 3.69. The second-order valence-corrected chi connectivity index (χ2v) is 9.90. The van der Waals surface area contributed by atoms with Gasteiger partial charge in [-0.05, 0) is 5.57 Å². The number of carboxylic acids is 1. The van der Waals surface area contributed by atoms with Crippen molar-refractivity contribution in [1.82, 2.24) is 15.2 Å². The van der Waals surface area contributed by atoms with E-state index in [1.807, 2.05) is 0 Å². The first kappa shape index (κ1) is 26.6. The summed E-state index contributed by atoms with van der Waals surface area (Å²) in [5, 5.41) is 17.2. The molecule has 176 valence electrons. The third kappa shape index (κ3) is 5.28. The van der Waals surface area contributed by atoms with Gasteiger partial charge in [-0.3, -0.25) is 14.5 Å². The zero-order valence-electron chi connectivity index (χ0n) is 17.0. The van der Waals surface area contributed by atoms with Crippen LogP contribution >= 0.6 is 34.9 Å². The zero-order chi connectivity index (χ0) is 23.7. The molecule has 1 aromatic rings. The van der Waals surface area contributed by atoms with Gasteiger partial charge in [-0.15, -0.1) is 34.9 Å². The van der Waals surface area contributed by atoms with Crippen molar-refractivity contribution in [3.8, 4) is 0 Å². The number of anilines is 1. The molecule has 1 saturated heterocycles. The van der Waals surface area contributed by atoms with Crippen LogP contribution in [0.4, 0.5) is 5.13 Å². The van der Waals surface area contributed by atoms with Crippen molar-refractivity contribution in [2.45, 2.75) is 11.4 Å². The number of cyclic esters (lactones) is 1. The number of carbonyl (C=O) groups excluding carboxylic acids is 3. The number of thioether (sulfide) groups is 2. The van der Waals surface area contributed by atoms with Gasteiger partial charge in [0.1, 0.15) is 36.5 Å². The molecule has 4 N–H and O–H groups in total. The van der Waals surface area contributed by atoms with Crippen molar-refractivity contribution in [1.29, 1.82) is 0 Å². The Labute approximate surface area is 227 Å². The number of rotatable bonds is 8. The maximum absolute atomic E-state index is 12.8. The normalized spacial score (nSPS) is 21.7. The number of thiazole rings is 1. The van der Waals surface area contributed by atoms with Crippen molar-refractivity contribution in [3.63, 3.8) is 0 Å². The van der Waals surface area contributed by atoms with Crippen LogP contribution in [0.3, 0.4) is 0 Å². The molecule has 0 spiro atoms. The van der Waals surface area contributed by atoms with Crippen LogP contribution in [0.5, 0.6) is 0 Å². The Balaban J connectivity index is 0.00000324. The number of amides is 2. The first-order valence-corrected chi connectivity index (χ1v) is 12.2. The van der Waals surface area contributed by atoms with E-state index in [1.54, 1.807) is 0 Å². The molecule has 1 fully saturated rings. The van der Waals surface area contributed by atoms with Gasteiger partial charge in [-0.2, -0.15) is 0 Å². The number of hydrogen-bond acceptors (Lipinski definition) is 12. The van der Waals surface area contributed by atoms with Gasteiger partial charge in [0.05, 0.1) is 0 Å². The monoisotopic (exact) mass is 535 g/mol. The molecule has 34 heavy (non-hydrogen) atoms. The number of nitrogens with two attached hydrogens (primary N) is 1. The van der Waals surface area contributed by atoms with E-state index in [0.29, 0.717) is 16.4 Å². The van der Waals surface area contributed by atoms with Gasteiger partial charge in [0.2, 0.25) is 0 Å². The molecule has 2 amide bonds. The summed E-state index contributed by atoms with van der Waals surface area (Å²) in [5.41, 5.74) is 6.28. The first-order chi connectivity index (χ1) is 15.8. The number of nitrogen functional groups attached to an aromatic ring is 1. The van der Waals surface area contributed by atoms with Gasteiger partial charge < -0.3 is 25.7 Å². The number of carbonyl (C=O) groups is 4. The second kappa shape index (κ2) is 11.1. The second-order valence-electron chi connectivity index (χ2n) is 6.83. The minimum absolute atomic E-state index is 0. The van der Waals surface area contributed by atoms with Gasteiger partial charge in [0.25, 0.3) is 11.8 Å². The number of nitrogens with zero attached hydrogens (tertiary/aromatic N) is 3. The Morgan fingerprint density at radius 1 is 1.47 bits per heavy atom. The van der Waals surface area contributed by atoms with Crippen LogP contribution in [-0.2, 0) is 28.8 Å². The van der Waals surface area contributed by atoms with E-state index in [9.17, 15) is 24.3 Å². The quantitative estimate of drug-likeness (QED) is 0.127. The SMILES string of the molecule is CO/N=C(\C(=O)N[C@@H]1C(=O)N2C(C(=O)O)=C(SCC3=CC(=O)OC3)CS[C@H]12)c1csc(N)n1.[NaH]. The summed E-state index contributed by atoms with van der Waals surface area (Å²) in [6.07, 6.45) is 1.38. The summed E-state index contributed by atoms with van der Waals surface area (Å²) in [6.45, 7) is 0.171. The number of fused-ring (bicyclic) bond motifs is 1. The molecule has 3 aliphatic heterocycles. The number of β-lactam (4-membered cyclic amide) rings is 1. The summed E-state index contributed by atoms with van der Waals surface area (Å²) in [5.74, 6) is -2.21. The fourth-order valence-corrected chi connectivity index (χ4v) is 6.41. The average molecular weight is 536 g/mol. The van der Waals surface area contributed by atoms with Crippen molar-refractivity contribution in [3.05, 3.63) is 33.3 Å². The van der Waals surface area contributed by atoms with Crippen LogP contribution in [0.15, 0.2) is 32.8 Å². The van der Waals surface area contributed by atoms with E-state index in [2.05, 4.69) is 15.5 Å². The van der Waals surface area contributed by atoms with Crippen LogP contribution in [0, 0.1) is 0 Å². The van der Waals surface area contributed by atoms with Crippen LogP contribution in [0.1, 0.15) is 5.69 Å². The number of ether oxygens (including phenoxy) is 1. The molecule has 0 radical (unpaired) electrons. The Morgan fingerprint density at radius 3 is 2.82 bits per heavy atom. The predicted octanol–water partition coefficient (Wildman–Crippen LogP) is -0.660. The fourth-order valence-electron chi connectivity index (χ4n) is 3.28. The van der Waals surface area contributed by atoms with Crippen LogP contribution in [0.25, 0.3) is 0 Å². The van der Waals surface area contributed by atoms with Crippen LogP contribution in [-0.4, -0.2) is 111 Å². The number of carboxylic acid groups (broad SMARTS) is 1. The summed E-state index contributed by atoms with van der Waals surface area (Å²) in [6, 6.07) is -0.940.